The summed E-state index contributed by atoms with van der Waals surface area (Å²) < 4.78 is 0. The zero-order valence-electron chi connectivity index (χ0n) is 11.4. The zero-order chi connectivity index (χ0) is 14.8. The van der Waals surface area contributed by atoms with Crippen LogP contribution >= 0.6 is 11.6 Å². The molecule has 2 aromatic rings. The van der Waals surface area contributed by atoms with Crippen molar-refractivity contribution in [3.8, 4) is 0 Å². The molecule has 6 heteroatoms. The third-order valence-electron chi connectivity index (χ3n) is 3.54. The standard InChI is InChI=1S/C15H15ClN4O/c16-12-3-1-2-10(6-12)8-20-5-4-11-7-18-15(14(17)21)19-13(11)9-20/h1-3,6-7H,4-5,8-9H2,(H2,17,21). The highest BCUT2D eigenvalue weighted by Gasteiger charge is 2.19. The number of carbonyl (C=O) groups is 1. The van der Waals surface area contributed by atoms with Gasteiger partial charge < -0.3 is 5.73 Å². The molecule has 2 N–H and O–H groups in total. The first-order chi connectivity index (χ1) is 10.1. The second-order valence-corrected chi connectivity index (χ2v) is 5.56. The lowest BCUT2D eigenvalue weighted by molar-refractivity contribution is 0.0989. The minimum Gasteiger partial charge on any atom is -0.363 e. The molecule has 0 saturated heterocycles. The molecule has 0 unspecified atom stereocenters. The highest BCUT2D eigenvalue weighted by molar-refractivity contribution is 6.30. The monoisotopic (exact) mass is 302 g/mol. The number of nitrogens with zero attached hydrogens (tertiary/aromatic N) is 3. The quantitative estimate of drug-likeness (QED) is 0.938. The van der Waals surface area contributed by atoms with Gasteiger partial charge in [-0.1, -0.05) is 23.7 Å². The molecule has 1 aromatic carbocycles. The summed E-state index contributed by atoms with van der Waals surface area (Å²) in [5.41, 5.74) is 8.36. The number of carbonyl (C=O) groups excluding carboxylic acids is 1. The van der Waals surface area contributed by atoms with Gasteiger partial charge in [0.1, 0.15) is 0 Å². The maximum Gasteiger partial charge on any atom is 0.286 e. The number of nitrogens with two attached hydrogens (primary N) is 1. The van der Waals surface area contributed by atoms with Crippen LogP contribution in [0.4, 0.5) is 0 Å². The second kappa shape index (κ2) is 5.79. The van der Waals surface area contributed by atoms with Crippen molar-refractivity contribution in [3.05, 3.63) is 58.1 Å². The molecule has 0 aliphatic carbocycles. The molecule has 0 fully saturated rings. The summed E-state index contributed by atoms with van der Waals surface area (Å²) in [5.74, 6) is -0.511. The molecule has 0 spiro atoms. The van der Waals surface area contributed by atoms with Gasteiger partial charge in [-0.3, -0.25) is 9.69 Å². The van der Waals surface area contributed by atoms with Crippen LogP contribution in [-0.4, -0.2) is 27.3 Å². The van der Waals surface area contributed by atoms with Gasteiger partial charge in [-0.05, 0) is 29.7 Å². The Hall–Kier alpha value is -1.98. The molecule has 2 heterocycles. The number of halogens is 1. The van der Waals surface area contributed by atoms with Gasteiger partial charge in [-0.15, -0.1) is 0 Å². The molecule has 1 aliphatic rings. The molecule has 0 saturated carbocycles. The lowest BCUT2D eigenvalue weighted by atomic mass is 10.1. The van der Waals surface area contributed by atoms with E-state index >= 15 is 0 Å². The van der Waals surface area contributed by atoms with Gasteiger partial charge in [-0.25, -0.2) is 9.97 Å². The van der Waals surface area contributed by atoms with Crippen molar-refractivity contribution in [3.63, 3.8) is 0 Å². The van der Waals surface area contributed by atoms with E-state index in [4.69, 9.17) is 17.3 Å². The lowest BCUT2D eigenvalue weighted by Gasteiger charge is -2.27. The third-order valence-corrected chi connectivity index (χ3v) is 3.78. The molecule has 108 valence electrons. The maximum absolute atomic E-state index is 11.2. The van der Waals surface area contributed by atoms with Gasteiger partial charge in [0.2, 0.25) is 5.82 Å². The molecule has 0 bridgehead atoms. The number of rotatable bonds is 3. The Morgan fingerprint density at radius 3 is 3.05 bits per heavy atom. The highest BCUT2D eigenvalue weighted by atomic mass is 35.5. The first-order valence-corrected chi connectivity index (χ1v) is 7.11. The number of amides is 1. The Labute approximate surface area is 127 Å². The SMILES string of the molecule is NC(=O)c1ncc2c(n1)CN(Cc1cccc(Cl)c1)CC2. The molecule has 1 aliphatic heterocycles. The maximum atomic E-state index is 11.2. The van der Waals surface area contributed by atoms with E-state index in [1.54, 1.807) is 6.20 Å². The predicted molar refractivity (Wildman–Crippen MR) is 79.8 cm³/mol. The molecule has 1 amide bonds. The number of hydrogen-bond acceptors (Lipinski definition) is 4. The molecule has 21 heavy (non-hydrogen) atoms. The van der Waals surface area contributed by atoms with Gasteiger partial charge in [0.15, 0.2) is 0 Å². The number of fused-ring (bicyclic) bond motifs is 1. The van der Waals surface area contributed by atoms with Gasteiger partial charge in [0.05, 0.1) is 5.69 Å². The fourth-order valence-electron chi connectivity index (χ4n) is 2.50. The summed E-state index contributed by atoms with van der Waals surface area (Å²) in [6, 6.07) is 7.83. The van der Waals surface area contributed by atoms with Crippen molar-refractivity contribution in [1.82, 2.24) is 14.9 Å². The van der Waals surface area contributed by atoms with Crippen molar-refractivity contribution in [2.45, 2.75) is 19.5 Å². The number of hydrogen-bond donors (Lipinski definition) is 1. The molecule has 1 aromatic heterocycles. The molecule has 0 radical (unpaired) electrons. The largest absolute Gasteiger partial charge is 0.363 e. The van der Waals surface area contributed by atoms with Gasteiger partial charge >= 0.3 is 0 Å². The average molecular weight is 303 g/mol. The topological polar surface area (TPSA) is 72.1 Å². The Bertz CT molecular complexity index is 689. The summed E-state index contributed by atoms with van der Waals surface area (Å²) in [5, 5.41) is 0.739. The van der Waals surface area contributed by atoms with Crippen molar-refractivity contribution < 1.29 is 4.79 Å². The van der Waals surface area contributed by atoms with Gasteiger partial charge in [-0.2, -0.15) is 0 Å². The minimum absolute atomic E-state index is 0.0818. The fraction of sp³-hybridized carbons (Fsp3) is 0.267. The average Bonchev–Trinajstić information content (AvgIpc) is 2.46. The summed E-state index contributed by atoms with van der Waals surface area (Å²) in [6.45, 7) is 2.42. The van der Waals surface area contributed by atoms with Crippen molar-refractivity contribution in [1.29, 1.82) is 0 Å². The smallest absolute Gasteiger partial charge is 0.286 e. The van der Waals surface area contributed by atoms with Crippen LogP contribution in [0.15, 0.2) is 30.5 Å². The van der Waals surface area contributed by atoms with Crippen LogP contribution in [0.1, 0.15) is 27.4 Å². The Morgan fingerprint density at radius 2 is 2.29 bits per heavy atom. The molecule has 3 rings (SSSR count). The van der Waals surface area contributed by atoms with E-state index in [1.165, 1.54) is 0 Å². The third kappa shape index (κ3) is 3.20. The van der Waals surface area contributed by atoms with Crippen molar-refractivity contribution >= 4 is 17.5 Å². The van der Waals surface area contributed by atoms with Crippen LogP contribution in [0.5, 0.6) is 0 Å². The summed E-state index contributed by atoms with van der Waals surface area (Å²) in [7, 11) is 0. The van der Waals surface area contributed by atoms with Crippen molar-refractivity contribution in [2.75, 3.05) is 6.54 Å². The Balaban J connectivity index is 1.77. The Morgan fingerprint density at radius 1 is 1.43 bits per heavy atom. The lowest BCUT2D eigenvalue weighted by Crippen LogP contribution is -2.32. The van der Waals surface area contributed by atoms with E-state index in [-0.39, 0.29) is 5.82 Å². The van der Waals surface area contributed by atoms with Crippen molar-refractivity contribution in [2.24, 2.45) is 5.73 Å². The fourth-order valence-corrected chi connectivity index (χ4v) is 2.72. The van der Waals surface area contributed by atoms with Crippen LogP contribution in [0.3, 0.4) is 0 Å². The molecular weight excluding hydrogens is 288 g/mol. The van der Waals surface area contributed by atoms with E-state index in [9.17, 15) is 4.79 Å². The van der Waals surface area contributed by atoms with Crippen LogP contribution in [-0.2, 0) is 19.5 Å². The van der Waals surface area contributed by atoms with E-state index in [1.807, 2.05) is 18.2 Å². The first-order valence-electron chi connectivity index (χ1n) is 6.73. The van der Waals surface area contributed by atoms with E-state index < -0.39 is 5.91 Å². The number of primary amides is 1. The van der Waals surface area contributed by atoms with Crippen LogP contribution < -0.4 is 5.73 Å². The van der Waals surface area contributed by atoms with Crippen LogP contribution in [0, 0.1) is 0 Å². The zero-order valence-corrected chi connectivity index (χ0v) is 12.2. The predicted octanol–water partition coefficient (Wildman–Crippen LogP) is 1.79. The molecule has 0 atom stereocenters. The van der Waals surface area contributed by atoms with E-state index in [0.717, 1.165) is 41.4 Å². The normalized spacial score (nSPS) is 14.7. The van der Waals surface area contributed by atoms with E-state index in [0.29, 0.717) is 6.54 Å². The van der Waals surface area contributed by atoms with Crippen LogP contribution in [0.2, 0.25) is 5.02 Å². The summed E-state index contributed by atoms with van der Waals surface area (Å²) in [4.78, 5) is 21.7. The minimum atomic E-state index is -0.593. The second-order valence-electron chi connectivity index (χ2n) is 5.12. The summed E-state index contributed by atoms with van der Waals surface area (Å²) in [6.07, 6.45) is 2.58. The summed E-state index contributed by atoms with van der Waals surface area (Å²) >= 11 is 6.01. The first kappa shape index (κ1) is 14.0. The van der Waals surface area contributed by atoms with Crippen LogP contribution in [0.25, 0.3) is 0 Å². The number of aromatic nitrogens is 2. The van der Waals surface area contributed by atoms with Gasteiger partial charge in [0.25, 0.3) is 5.91 Å². The highest BCUT2D eigenvalue weighted by Crippen LogP contribution is 2.19. The number of benzene rings is 1. The molecule has 5 nitrogen and oxygen atoms in total. The molecular formula is C15H15ClN4O. The van der Waals surface area contributed by atoms with E-state index in [2.05, 4.69) is 20.9 Å². The Kier molecular flexibility index (Phi) is 3.86. The van der Waals surface area contributed by atoms with Gasteiger partial charge in [0, 0.05) is 30.9 Å².